The van der Waals surface area contributed by atoms with Crippen molar-refractivity contribution in [1.82, 2.24) is 14.9 Å². The van der Waals surface area contributed by atoms with Crippen molar-refractivity contribution in [3.05, 3.63) is 35.4 Å². The van der Waals surface area contributed by atoms with Crippen LogP contribution in [0.1, 0.15) is 37.8 Å². The first kappa shape index (κ1) is 20.7. The zero-order valence-corrected chi connectivity index (χ0v) is 17.0. The first-order chi connectivity index (χ1) is 12.5. The van der Waals surface area contributed by atoms with Gasteiger partial charge >= 0.3 is 0 Å². The summed E-state index contributed by atoms with van der Waals surface area (Å²) >= 11 is 0. The number of nitrogens with zero attached hydrogens (tertiary/aromatic N) is 2. The predicted molar refractivity (Wildman–Crippen MR) is 108 cm³/mol. The standard InChI is InChI=1S/C19H32N4O2S/c1-4-16-6-8-17(9-7-16)10-13-21-19(20-3)22-18-11-14-23(15-12-18)26(24,25)5-2/h6-9,18H,4-5,10-15H2,1-3H3,(H2,20,21,22). The van der Waals surface area contributed by atoms with Gasteiger partial charge in [0.15, 0.2) is 5.96 Å². The minimum absolute atomic E-state index is 0.174. The number of hydrogen-bond acceptors (Lipinski definition) is 3. The number of sulfonamides is 1. The van der Waals surface area contributed by atoms with Crippen LogP contribution in [-0.4, -0.2) is 57.2 Å². The Bertz CT molecular complexity index is 678. The summed E-state index contributed by atoms with van der Waals surface area (Å²) in [5.41, 5.74) is 2.67. The van der Waals surface area contributed by atoms with Crippen molar-refractivity contribution in [3.63, 3.8) is 0 Å². The number of aryl methyl sites for hydroxylation is 1. The van der Waals surface area contributed by atoms with Gasteiger partial charge in [-0.25, -0.2) is 12.7 Å². The fourth-order valence-corrected chi connectivity index (χ4v) is 4.25. The van der Waals surface area contributed by atoms with E-state index in [1.54, 1.807) is 18.3 Å². The maximum absolute atomic E-state index is 11.9. The van der Waals surface area contributed by atoms with Gasteiger partial charge in [-0.05, 0) is 43.7 Å². The van der Waals surface area contributed by atoms with Crippen LogP contribution in [0.4, 0.5) is 0 Å². The van der Waals surface area contributed by atoms with E-state index in [-0.39, 0.29) is 11.8 Å². The highest BCUT2D eigenvalue weighted by Crippen LogP contribution is 2.14. The van der Waals surface area contributed by atoms with Crippen LogP contribution in [0.5, 0.6) is 0 Å². The SMILES string of the molecule is CCc1ccc(CCNC(=NC)NC2CCN(S(=O)(=O)CC)CC2)cc1. The molecule has 2 N–H and O–H groups in total. The van der Waals surface area contributed by atoms with E-state index >= 15 is 0 Å². The molecule has 0 spiro atoms. The van der Waals surface area contributed by atoms with Crippen LogP contribution >= 0.6 is 0 Å². The Hall–Kier alpha value is -1.60. The lowest BCUT2D eigenvalue weighted by Crippen LogP contribution is -2.50. The van der Waals surface area contributed by atoms with Crippen LogP contribution in [0, 0.1) is 0 Å². The van der Waals surface area contributed by atoms with Gasteiger partial charge < -0.3 is 10.6 Å². The molecule has 2 rings (SSSR count). The molecule has 0 aromatic heterocycles. The molecule has 0 aliphatic carbocycles. The van der Waals surface area contributed by atoms with E-state index in [1.165, 1.54) is 11.1 Å². The van der Waals surface area contributed by atoms with Gasteiger partial charge in [0.25, 0.3) is 0 Å². The first-order valence-corrected chi connectivity index (χ1v) is 11.1. The summed E-state index contributed by atoms with van der Waals surface area (Å²) in [7, 11) is -1.30. The molecule has 1 aromatic carbocycles. The number of piperidine rings is 1. The molecule has 0 unspecified atom stereocenters. The van der Waals surface area contributed by atoms with Gasteiger partial charge in [-0.1, -0.05) is 31.2 Å². The second kappa shape index (κ2) is 9.92. The van der Waals surface area contributed by atoms with Crippen molar-refractivity contribution in [2.75, 3.05) is 32.4 Å². The average Bonchev–Trinajstić information content (AvgIpc) is 2.68. The van der Waals surface area contributed by atoms with Gasteiger partial charge in [0.2, 0.25) is 10.0 Å². The number of aliphatic imine (C=N–C) groups is 1. The average molecular weight is 381 g/mol. The molecule has 7 heteroatoms. The lowest BCUT2D eigenvalue weighted by atomic mass is 10.1. The van der Waals surface area contributed by atoms with Crippen LogP contribution < -0.4 is 10.6 Å². The third-order valence-corrected chi connectivity index (χ3v) is 6.80. The summed E-state index contributed by atoms with van der Waals surface area (Å²) < 4.78 is 25.4. The molecule has 1 heterocycles. The summed E-state index contributed by atoms with van der Waals surface area (Å²) in [6.45, 7) is 5.83. The summed E-state index contributed by atoms with van der Waals surface area (Å²) in [5, 5.41) is 6.77. The number of guanidine groups is 1. The summed E-state index contributed by atoms with van der Waals surface area (Å²) in [4.78, 5) is 4.29. The maximum Gasteiger partial charge on any atom is 0.213 e. The van der Waals surface area contributed by atoms with E-state index in [4.69, 9.17) is 0 Å². The van der Waals surface area contributed by atoms with Crippen molar-refractivity contribution in [1.29, 1.82) is 0 Å². The molecule has 0 atom stereocenters. The molecule has 146 valence electrons. The van der Waals surface area contributed by atoms with Crippen LogP contribution in [0.15, 0.2) is 29.3 Å². The van der Waals surface area contributed by atoms with Crippen molar-refractivity contribution >= 4 is 16.0 Å². The lowest BCUT2D eigenvalue weighted by Gasteiger charge is -2.32. The Morgan fingerprint density at radius 1 is 1.15 bits per heavy atom. The van der Waals surface area contributed by atoms with E-state index in [2.05, 4.69) is 46.8 Å². The fourth-order valence-electron chi connectivity index (χ4n) is 3.12. The van der Waals surface area contributed by atoms with Gasteiger partial charge in [-0.15, -0.1) is 0 Å². The van der Waals surface area contributed by atoms with Gasteiger partial charge in [0.1, 0.15) is 0 Å². The molecular formula is C19H32N4O2S. The van der Waals surface area contributed by atoms with E-state index in [1.807, 2.05) is 0 Å². The number of benzene rings is 1. The largest absolute Gasteiger partial charge is 0.356 e. The van der Waals surface area contributed by atoms with E-state index < -0.39 is 10.0 Å². The monoisotopic (exact) mass is 380 g/mol. The highest BCUT2D eigenvalue weighted by Gasteiger charge is 2.26. The minimum Gasteiger partial charge on any atom is -0.356 e. The first-order valence-electron chi connectivity index (χ1n) is 9.51. The molecule has 0 radical (unpaired) electrons. The van der Waals surface area contributed by atoms with Crippen LogP contribution in [0.25, 0.3) is 0 Å². The molecule has 6 nitrogen and oxygen atoms in total. The Morgan fingerprint density at radius 3 is 2.31 bits per heavy atom. The van der Waals surface area contributed by atoms with Crippen LogP contribution in [0.3, 0.4) is 0 Å². The second-order valence-electron chi connectivity index (χ2n) is 6.64. The van der Waals surface area contributed by atoms with Gasteiger partial charge in [-0.2, -0.15) is 0 Å². The third-order valence-electron chi connectivity index (χ3n) is 4.91. The molecule has 26 heavy (non-hydrogen) atoms. The molecule has 0 amide bonds. The Kier molecular flexibility index (Phi) is 7.90. The second-order valence-corrected chi connectivity index (χ2v) is 8.89. The Morgan fingerprint density at radius 2 is 1.77 bits per heavy atom. The maximum atomic E-state index is 11.9. The lowest BCUT2D eigenvalue weighted by molar-refractivity contribution is 0.306. The minimum atomic E-state index is -3.07. The molecule has 1 aliphatic rings. The highest BCUT2D eigenvalue weighted by molar-refractivity contribution is 7.89. The third kappa shape index (κ3) is 5.99. The summed E-state index contributed by atoms with van der Waals surface area (Å²) in [5.74, 6) is 0.958. The zero-order valence-electron chi connectivity index (χ0n) is 16.2. The van der Waals surface area contributed by atoms with Gasteiger partial charge in [0, 0.05) is 32.7 Å². The Labute approximate surface area is 158 Å². The molecule has 1 saturated heterocycles. The smallest absolute Gasteiger partial charge is 0.213 e. The van der Waals surface area contributed by atoms with Crippen molar-refractivity contribution in [2.24, 2.45) is 4.99 Å². The van der Waals surface area contributed by atoms with E-state index in [0.29, 0.717) is 13.1 Å². The van der Waals surface area contributed by atoms with Crippen LogP contribution in [-0.2, 0) is 22.9 Å². The summed E-state index contributed by atoms with van der Waals surface area (Å²) in [6.07, 6.45) is 3.61. The van der Waals surface area contributed by atoms with Crippen molar-refractivity contribution in [2.45, 2.75) is 45.6 Å². The van der Waals surface area contributed by atoms with E-state index in [0.717, 1.165) is 38.2 Å². The van der Waals surface area contributed by atoms with Gasteiger partial charge in [0.05, 0.1) is 5.75 Å². The quantitative estimate of drug-likeness (QED) is 0.558. The molecular weight excluding hydrogens is 348 g/mol. The number of hydrogen-bond donors (Lipinski definition) is 2. The molecule has 1 aromatic rings. The van der Waals surface area contributed by atoms with Crippen LogP contribution in [0.2, 0.25) is 0 Å². The molecule has 0 saturated carbocycles. The highest BCUT2D eigenvalue weighted by atomic mass is 32.2. The molecule has 1 fully saturated rings. The zero-order chi connectivity index (χ0) is 19.0. The summed E-state index contributed by atoms with van der Waals surface area (Å²) in [6, 6.07) is 8.98. The Balaban J connectivity index is 1.74. The van der Waals surface area contributed by atoms with Gasteiger partial charge in [-0.3, -0.25) is 4.99 Å². The normalized spacial score (nSPS) is 17.3. The number of nitrogens with one attached hydrogen (secondary N) is 2. The molecule has 1 aliphatic heterocycles. The fraction of sp³-hybridized carbons (Fsp3) is 0.632. The topological polar surface area (TPSA) is 73.8 Å². The van der Waals surface area contributed by atoms with Crippen molar-refractivity contribution < 1.29 is 8.42 Å². The molecule has 0 bridgehead atoms. The van der Waals surface area contributed by atoms with E-state index in [9.17, 15) is 8.42 Å². The number of rotatable bonds is 7. The van der Waals surface area contributed by atoms with Crippen molar-refractivity contribution in [3.8, 4) is 0 Å². The predicted octanol–water partition coefficient (Wildman–Crippen LogP) is 1.77.